The van der Waals surface area contributed by atoms with Crippen molar-refractivity contribution in [1.29, 1.82) is 0 Å². The van der Waals surface area contributed by atoms with Gasteiger partial charge in [-0.2, -0.15) is 0 Å². The molecular formula is C49H107N3O3. The van der Waals surface area contributed by atoms with Gasteiger partial charge in [-0.15, -0.1) is 0 Å². The normalized spacial score (nSPS) is 29.2. The Kier molecular flexibility index (Phi) is 22.4. The maximum atomic E-state index is 6.31. The molecule has 3 atom stereocenters. The van der Waals surface area contributed by atoms with E-state index in [1.807, 2.05) is 0 Å². The number of hydrogen-bond donors (Lipinski definition) is 2. The fraction of sp³-hybridized carbons (Fsp3) is 1.00. The van der Waals surface area contributed by atoms with Crippen LogP contribution in [0.2, 0.25) is 0 Å². The van der Waals surface area contributed by atoms with Gasteiger partial charge in [0, 0.05) is 51.6 Å². The van der Waals surface area contributed by atoms with Gasteiger partial charge in [0.05, 0.1) is 35.1 Å². The topological polar surface area (TPSA) is 55.0 Å². The molecule has 2 aliphatic heterocycles. The average molecular weight is 786 g/mol. The number of piperidine rings is 1. The highest BCUT2D eigenvalue weighted by Crippen LogP contribution is 2.57. The molecule has 0 aromatic carbocycles. The van der Waals surface area contributed by atoms with Crippen LogP contribution in [-0.2, 0) is 14.2 Å². The molecule has 6 nitrogen and oxygen atoms in total. The van der Waals surface area contributed by atoms with E-state index in [2.05, 4.69) is 168 Å². The Balaban J connectivity index is -0.000000713. The van der Waals surface area contributed by atoms with Gasteiger partial charge in [0.15, 0.2) is 0 Å². The zero-order chi connectivity index (χ0) is 39.8. The van der Waals surface area contributed by atoms with Gasteiger partial charge in [-0.1, -0.05) is 57.4 Å². The molecule has 2 aliphatic carbocycles. The molecule has 6 heteroatoms. The summed E-state index contributed by atoms with van der Waals surface area (Å²) in [5.74, 6) is 0. The third-order valence-electron chi connectivity index (χ3n) is 10.7. The summed E-state index contributed by atoms with van der Waals surface area (Å²) in [6.07, 6.45) is 11.3. The largest absolute Gasteiger partial charge is 0.373 e. The lowest BCUT2D eigenvalue weighted by atomic mass is 9.49. The summed E-state index contributed by atoms with van der Waals surface area (Å²) in [4.78, 5) is 2.75. The Hall–Kier alpha value is -0.240. The van der Waals surface area contributed by atoms with Gasteiger partial charge in [0.2, 0.25) is 0 Å². The monoisotopic (exact) mass is 786 g/mol. The summed E-state index contributed by atoms with van der Waals surface area (Å²) in [7, 11) is 0. The van der Waals surface area contributed by atoms with Gasteiger partial charge >= 0.3 is 0 Å². The summed E-state index contributed by atoms with van der Waals surface area (Å²) >= 11 is 0. The molecule has 0 spiro atoms. The van der Waals surface area contributed by atoms with Crippen molar-refractivity contribution >= 4 is 0 Å². The molecule has 0 amide bonds. The summed E-state index contributed by atoms with van der Waals surface area (Å²) in [6.45, 7) is 49.1. The smallest absolute Gasteiger partial charge is 0.0714 e. The van der Waals surface area contributed by atoms with Crippen LogP contribution in [0.4, 0.5) is 0 Å². The molecule has 0 aromatic rings. The zero-order valence-corrected chi connectivity index (χ0v) is 38.4. The second-order valence-electron chi connectivity index (χ2n) is 24.0. The highest BCUT2D eigenvalue weighted by atomic mass is 16.5. The lowest BCUT2D eigenvalue weighted by molar-refractivity contribution is -0.251. The molecule has 336 valence electrons. The highest BCUT2D eigenvalue weighted by molar-refractivity contribution is 5.16. The molecular weight excluding hydrogens is 679 g/mol. The number of nitrogens with zero attached hydrogens (tertiary/aromatic N) is 1. The van der Waals surface area contributed by atoms with Crippen LogP contribution in [-0.4, -0.2) is 80.8 Å². The standard InChI is InChI=1S/C16H33NO.C15H29NO.C14H29NO.4CH4/c1-13(2,3)17-11-15(7,8)12(16(11,9)10)18-14(4,5)6;1-14(2,3)16-11-7-8-12(16)10-13(9-11)17-15(4,5)6;1-13(2,3)15-11-7-9-12(10-8-11)16-14(4,5)6;;;;/h11-12,17H,1-10H3;11-13H,7-10H2,1-6H3;11-12,15H,7-10H2,1-6H3;4*1H4/t;11-,12+,13?;;;;;. The molecule has 4 fully saturated rings. The van der Waals surface area contributed by atoms with Crippen molar-refractivity contribution < 1.29 is 14.2 Å². The number of fused-ring (bicyclic) bond motifs is 2. The quantitative estimate of drug-likeness (QED) is 0.290. The van der Waals surface area contributed by atoms with E-state index in [0.29, 0.717) is 35.9 Å². The minimum atomic E-state index is -0.0775. The first kappa shape index (κ1) is 59.1. The molecule has 1 unspecified atom stereocenters. The van der Waals surface area contributed by atoms with Gasteiger partial charge in [0.25, 0.3) is 0 Å². The van der Waals surface area contributed by atoms with Crippen LogP contribution in [0.5, 0.6) is 0 Å². The molecule has 4 rings (SSSR count). The third-order valence-corrected chi connectivity index (χ3v) is 10.7. The molecule has 0 aromatic heterocycles. The van der Waals surface area contributed by atoms with E-state index in [1.54, 1.807) is 0 Å². The van der Waals surface area contributed by atoms with Crippen molar-refractivity contribution in [3.63, 3.8) is 0 Å². The fourth-order valence-corrected chi connectivity index (χ4v) is 9.84. The van der Waals surface area contributed by atoms with Crippen LogP contribution in [0.3, 0.4) is 0 Å². The van der Waals surface area contributed by atoms with Crippen LogP contribution in [0, 0.1) is 10.8 Å². The molecule has 2 N–H and O–H groups in total. The minimum absolute atomic E-state index is 0. The molecule has 2 bridgehead atoms. The SMILES string of the molecule is C.C.C.C.CC(C)(C)NC1C(C)(C)C(OC(C)(C)C)C1(C)C.CC(C)(C)NC1CCC(OC(C)(C)C)CC1.CC(C)(C)OC1C[C@H]2CC[C@@H](C1)N2C(C)(C)C. The first-order valence-electron chi connectivity index (χ1n) is 20.9. The Morgan fingerprint density at radius 2 is 0.800 bits per heavy atom. The van der Waals surface area contributed by atoms with Crippen molar-refractivity contribution in [2.24, 2.45) is 10.8 Å². The van der Waals surface area contributed by atoms with E-state index in [4.69, 9.17) is 14.2 Å². The maximum absolute atomic E-state index is 6.31. The molecule has 4 aliphatic rings. The van der Waals surface area contributed by atoms with Crippen LogP contribution in [0.1, 0.15) is 233 Å². The number of ether oxygens (including phenoxy) is 3. The van der Waals surface area contributed by atoms with E-state index < -0.39 is 0 Å². The van der Waals surface area contributed by atoms with E-state index in [1.165, 1.54) is 51.4 Å². The van der Waals surface area contributed by atoms with Crippen molar-refractivity contribution in [2.45, 2.75) is 309 Å². The Morgan fingerprint density at radius 3 is 1.11 bits per heavy atom. The lowest BCUT2D eigenvalue weighted by Gasteiger charge is -2.66. The van der Waals surface area contributed by atoms with Crippen LogP contribution in [0.25, 0.3) is 0 Å². The van der Waals surface area contributed by atoms with E-state index in [-0.39, 0.29) is 68.4 Å². The predicted molar refractivity (Wildman–Crippen MR) is 248 cm³/mol. The molecule has 2 saturated heterocycles. The lowest BCUT2D eigenvalue weighted by Crippen LogP contribution is -2.75. The maximum Gasteiger partial charge on any atom is 0.0714 e. The summed E-state index contributed by atoms with van der Waals surface area (Å²) in [5, 5.41) is 7.46. The van der Waals surface area contributed by atoms with Gasteiger partial charge in [-0.3, -0.25) is 4.90 Å². The van der Waals surface area contributed by atoms with Gasteiger partial charge in [-0.25, -0.2) is 0 Å². The second-order valence-corrected chi connectivity index (χ2v) is 24.0. The van der Waals surface area contributed by atoms with Gasteiger partial charge in [-0.05, 0) is 176 Å². The van der Waals surface area contributed by atoms with Crippen molar-refractivity contribution in [3.05, 3.63) is 0 Å². The summed E-state index contributed by atoms with van der Waals surface area (Å²) in [5.41, 5.74) is 0.982. The van der Waals surface area contributed by atoms with Crippen molar-refractivity contribution in [3.8, 4) is 0 Å². The van der Waals surface area contributed by atoms with Crippen molar-refractivity contribution in [1.82, 2.24) is 15.5 Å². The summed E-state index contributed by atoms with van der Waals surface area (Å²) < 4.78 is 18.5. The molecule has 2 saturated carbocycles. The van der Waals surface area contributed by atoms with Crippen LogP contribution >= 0.6 is 0 Å². The number of nitrogens with one attached hydrogen (secondary N) is 2. The zero-order valence-electron chi connectivity index (χ0n) is 38.4. The average Bonchev–Trinajstić information content (AvgIpc) is 3.16. The van der Waals surface area contributed by atoms with E-state index >= 15 is 0 Å². The molecule has 0 radical (unpaired) electrons. The first-order chi connectivity index (χ1) is 22.5. The minimum Gasteiger partial charge on any atom is -0.373 e. The second kappa shape index (κ2) is 20.8. The summed E-state index contributed by atoms with van der Waals surface area (Å²) in [6, 6.07) is 2.67. The van der Waals surface area contributed by atoms with Gasteiger partial charge < -0.3 is 24.8 Å². The number of hydrogen-bond acceptors (Lipinski definition) is 6. The molecule has 2 heterocycles. The molecule has 55 heavy (non-hydrogen) atoms. The Labute approximate surface area is 348 Å². The highest BCUT2D eigenvalue weighted by Gasteiger charge is 2.63. The fourth-order valence-electron chi connectivity index (χ4n) is 9.84. The third kappa shape index (κ3) is 19.6. The van der Waals surface area contributed by atoms with Crippen LogP contribution < -0.4 is 10.6 Å². The van der Waals surface area contributed by atoms with Crippen molar-refractivity contribution in [2.75, 3.05) is 0 Å². The van der Waals surface area contributed by atoms with E-state index in [0.717, 1.165) is 12.1 Å². The Morgan fingerprint density at radius 1 is 0.455 bits per heavy atom. The number of rotatable bonds is 5. The Bertz CT molecular complexity index is 968. The van der Waals surface area contributed by atoms with Gasteiger partial charge in [0.1, 0.15) is 0 Å². The predicted octanol–water partition coefficient (Wildman–Crippen LogP) is 13.6. The van der Waals surface area contributed by atoms with E-state index in [9.17, 15) is 0 Å². The van der Waals surface area contributed by atoms with Crippen LogP contribution in [0.15, 0.2) is 0 Å². The first-order valence-corrected chi connectivity index (χ1v) is 20.9.